The number of hydrogen-bond donors (Lipinski definition) is 3. The molecule has 150 valence electrons. The zero-order valence-corrected chi connectivity index (χ0v) is 15.2. The van der Waals surface area contributed by atoms with Gasteiger partial charge in [0.05, 0.1) is 6.42 Å². The Balaban J connectivity index is 0.000000237. The first kappa shape index (κ1) is 21.5. The number of halogens is 2. The molecule has 28 heavy (non-hydrogen) atoms. The maximum atomic E-state index is 13.2. The summed E-state index contributed by atoms with van der Waals surface area (Å²) in [6.45, 7) is 0. The number of benzene rings is 2. The van der Waals surface area contributed by atoms with Gasteiger partial charge in [-0.3, -0.25) is 4.79 Å². The summed E-state index contributed by atoms with van der Waals surface area (Å²) in [5, 5.41) is 19.6. The molecule has 2 atom stereocenters. The van der Waals surface area contributed by atoms with Crippen molar-refractivity contribution in [1.82, 2.24) is 0 Å². The lowest BCUT2D eigenvalue weighted by atomic mass is 9.80. The molecular weight excluding hydrogens is 368 g/mol. The van der Waals surface area contributed by atoms with E-state index in [0.29, 0.717) is 6.42 Å². The van der Waals surface area contributed by atoms with Crippen LogP contribution >= 0.6 is 0 Å². The van der Waals surface area contributed by atoms with Crippen molar-refractivity contribution < 1.29 is 28.6 Å². The van der Waals surface area contributed by atoms with Gasteiger partial charge in [-0.1, -0.05) is 60.7 Å². The molecule has 0 saturated heterocycles. The lowest BCUT2D eigenvalue weighted by molar-refractivity contribution is -0.167. The largest absolute Gasteiger partial charge is 0.479 e. The van der Waals surface area contributed by atoms with Gasteiger partial charge in [-0.15, -0.1) is 0 Å². The quantitative estimate of drug-likeness (QED) is 0.729. The van der Waals surface area contributed by atoms with Crippen molar-refractivity contribution in [2.45, 2.75) is 37.2 Å². The van der Waals surface area contributed by atoms with Crippen LogP contribution in [0.25, 0.3) is 0 Å². The van der Waals surface area contributed by atoms with E-state index in [-0.39, 0.29) is 24.3 Å². The summed E-state index contributed by atoms with van der Waals surface area (Å²) in [6, 6.07) is 17.2. The molecule has 3 rings (SSSR count). The predicted molar refractivity (Wildman–Crippen MR) is 99.6 cm³/mol. The first-order valence-electron chi connectivity index (χ1n) is 8.86. The van der Waals surface area contributed by atoms with E-state index in [4.69, 9.17) is 5.73 Å². The zero-order valence-electron chi connectivity index (χ0n) is 15.2. The molecule has 5 nitrogen and oxygen atoms in total. The summed E-state index contributed by atoms with van der Waals surface area (Å²) in [5.41, 5.74) is 3.87. The van der Waals surface area contributed by atoms with Gasteiger partial charge in [-0.05, 0) is 17.5 Å². The van der Waals surface area contributed by atoms with Gasteiger partial charge in [0.15, 0.2) is 5.60 Å². The maximum Gasteiger partial charge on any atom is 0.340 e. The molecule has 0 bridgehead atoms. The van der Waals surface area contributed by atoms with Crippen LogP contribution in [0.15, 0.2) is 60.7 Å². The van der Waals surface area contributed by atoms with Gasteiger partial charge in [0.2, 0.25) is 11.8 Å². The molecule has 2 aromatic carbocycles. The van der Waals surface area contributed by atoms with Gasteiger partial charge >= 0.3 is 5.97 Å². The van der Waals surface area contributed by atoms with E-state index < -0.39 is 29.8 Å². The molecule has 0 unspecified atom stereocenters. The number of primary amides is 1. The number of nitrogens with two attached hydrogens (primary N) is 1. The fourth-order valence-electron chi connectivity index (χ4n) is 3.33. The molecule has 1 saturated carbocycles. The van der Waals surface area contributed by atoms with Crippen molar-refractivity contribution in [2.24, 2.45) is 11.7 Å². The highest BCUT2D eigenvalue weighted by Crippen LogP contribution is 2.47. The van der Waals surface area contributed by atoms with Crippen molar-refractivity contribution >= 4 is 11.9 Å². The van der Waals surface area contributed by atoms with Crippen molar-refractivity contribution in [3.63, 3.8) is 0 Å². The van der Waals surface area contributed by atoms with Crippen molar-refractivity contribution in [3.8, 4) is 0 Å². The van der Waals surface area contributed by atoms with Gasteiger partial charge in [-0.2, -0.15) is 0 Å². The second kappa shape index (κ2) is 8.93. The van der Waals surface area contributed by atoms with E-state index in [2.05, 4.69) is 0 Å². The first-order chi connectivity index (χ1) is 13.1. The zero-order chi connectivity index (χ0) is 20.8. The SMILES string of the molecule is NC(=O)Cc1ccccc1.O=C(O)[C@](O)(c1ccccc1)[C@@H]1CCC(F)(F)C1. The Labute approximate surface area is 161 Å². The van der Waals surface area contributed by atoms with Crippen LogP contribution in [0.1, 0.15) is 30.4 Å². The number of alkyl halides is 2. The van der Waals surface area contributed by atoms with Gasteiger partial charge in [0.1, 0.15) is 0 Å². The molecule has 1 aliphatic rings. The van der Waals surface area contributed by atoms with E-state index in [9.17, 15) is 28.6 Å². The Hall–Kier alpha value is -2.80. The van der Waals surface area contributed by atoms with Crippen LogP contribution in [0.4, 0.5) is 8.78 Å². The molecule has 0 radical (unpaired) electrons. The Morgan fingerprint density at radius 3 is 2.04 bits per heavy atom. The number of amides is 1. The Morgan fingerprint density at radius 1 is 1.07 bits per heavy atom. The number of carboxylic acids is 1. The monoisotopic (exact) mass is 391 g/mol. The highest BCUT2D eigenvalue weighted by atomic mass is 19.3. The number of aliphatic hydroxyl groups is 1. The lowest BCUT2D eigenvalue weighted by Crippen LogP contribution is -2.42. The summed E-state index contributed by atoms with van der Waals surface area (Å²) in [5.74, 6) is -5.61. The number of aliphatic carboxylic acids is 1. The molecule has 0 aromatic heterocycles. The normalized spacial score (nSPS) is 19.8. The van der Waals surface area contributed by atoms with Crippen LogP contribution in [0.3, 0.4) is 0 Å². The first-order valence-corrected chi connectivity index (χ1v) is 8.86. The molecule has 0 spiro atoms. The summed E-state index contributed by atoms with van der Waals surface area (Å²) in [4.78, 5) is 21.7. The van der Waals surface area contributed by atoms with Crippen molar-refractivity contribution in [3.05, 3.63) is 71.8 Å². The van der Waals surface area contributed by atoms with E-state index >= 15 is 0 Å². The van der Waals surface area contributed by atoms with E-state index in [1.165, 1.54) is 12.1 Å². The van der Waals surface area contributed by atoms with Crippen molar-refractivity contribution in [2.75, 3.05) is 0 Å². The number of hydrogen-bond acceptors (Lipinski definition) is 3. The third-order valence-corrected chi connectivity index (χ3v) is 4.76. The lowest BCUT2D eigenvalue weighted by Gasteiger charge is -2.30. The standard InChI is InChI=1S/C13H14F2O3.C8H9NO/c14-12(15)7-6-10(8-12)13(18,11(16)17)9-4-2-1-3-5-9;9-8(10)6-7-4-2-1-3-5-7/h1-5,10,18H,6-8H2,(H,16,17);1-5H,6H2,(H2,9,10)/t10-,13+;/m1./s1. The Bertz CT molecular complexity index is 799. The van der Waals surface area contributed by atoms with Crippen LogP contribution in [0.2, 0.25) is 0 Å². The third kappa shape index (κ3) is 5.36. The Kier molecular flexibility index (Phi) is 6.85. The average molecular weight is 391 g/mol. The van der Waals surface area contributed by atoms with Gasteiger partial charge < -0.3 is 15.9 Å². The second-order valence-electron chi connectivity index (χ2n) is 6.86. The molecule has 2 aromatic rings. The highest BCUT2D eigenvalue weighted by Gasteiger charge is 2.53. The molecule has 1 aliphatic carbocycles. The van der Waals surface area contributed by atoms with Crippen LogP contribution in [0, 0.1) is 5.92 Å². The van der Waals surface area contributed by atoms with Crippen LogP contribution in [-0.2, 0) is 21.6 Å². The summed E-state index contributed by atoms with van der Waals surface area (Å²) < 4.78 is 26.4. The minimum absolute atomic E-state index is 0.00466. The summed E-state index contributed by atoms with van der Waals surface area (Å²) in [7, 11) is 0. The predicted octanol–water partition coefficient (Wildman–Crippen LogP) is 3.11. The van der Waals surface area contributed by atoms with E-state index in [0.717, 1.165) is 5.56 Å². The Morgan fingerprint density at radius 2 is 1.61 bits per heavy atom. The minimum atomic E-state index is -2.89. The van der Waals surface area contributed by atoms with Crippen LogP contribution in [-0.4, -0.2) is 28.0 Å². The van der Waals surface area contributed by atoms with E-state index in [1.807, 2.05) is 30.3 Å². The number of rotatable bonds is 5. The molecule has 7 heteroatoms. The second-order valence-corrected chi connectivity index (χ2v) is 6.86. The molecule has 0 aliphatic heterocycles. The van der Waals surface area contributed by atoms with Gasteiger partial charge in [-0.25, -0.2) is 13.6 Å². The fraction of sp³-hybridized carbons (Fsp3) is 0.333. The number of carboxylic acid groups (broad SMARTS) is 1. The van der Waals surface area contributed by atoms with Crippen molar-refractivity contribution in [1.29, 1.82) is 0 Å². The van der Waals surface area contributed by atoms with Gasteiger partial charge in [0, 0.05) is 18.8 Å². The topological polar surface area (TPSA) is 101 Å². The van der Waals surface area contributed by atoms with Crippen LogP contribution < -0.4 is 5.73 Å². The molecular formula is C21H23F2NO4. The van der Waals surface area contributed by atoms with Gasteiger partial charge in [0.25, 0.3) is 0 Å². The maximum absolute atomic E-state index is 13.2. The minimum Gasteiger partial charge on any atom is -0.479 e. The molecule has 0 heterocycles. The average Bonchev–Trinajstić information content (AvgIpc) is 3.02. The van der Waals surface area contributed by atoms with Crippen LogP contribution in [0.5, 0.6) is 0 Å². The molecule has 1 fully saturated rings. The smallest absolute Gasteiger partial charge is 0.340 e. The fourth-order valence-corrected chi connectivity index (χ4v) is 3.33. The highest BCUT2D eigenvalue weighted by molar-refractivity contribution is 5.79. The van der Waals surface area contributed by atoms with E-state index in [1.54, 1.807) is 18.2 Å². The summed E-state index contributed by atoms with van der Waals surface area (Å²) >= 11 is 0. The third-order valence-electron chi connectivity index (χ3n) is 4.76. The molecule has 4 N–H and O–H groups in total. The molecule has 1 amide bonds. The summed E-state index contributed by atoms with van der Waals surface area (Å²) in [6.07, 6.45) is -0.629. The number of carbonyl (C=O) groups excluding carboxylic acids is 1. The number of carbonyl (C=O) groups is 2.